The standard InChI is InChI=1S/C19H30N6O/c1-3-18-24-22-14-25(18)11-10-20-19(21-13-17-5-4-12-26-17)23-16-8-6-15(2)7-9-16/h4-5,12,14-16H,3,6-11,13H2,1-2H3,(H2,20,21,23). The van der Waals surface area contributed by atoms with E-state index in [2.05, 4.69) is 39.2 Å². The molecule has 7 heteroatoms. The number of furan rings is 1. The largest absolute Gasteiger partial charge is 0.467 e. The third-order valence-electron chi connectivity index (χ3n) is 4.99. The van der Waals surface area contributed by atoms with E-state index in [1.165, 1.54) is 25.7 Å². The number of aromatic nitrogens is 3. The van der Waals surface area contributed by atoms with E-state index in [-0.39, 0.29) is 0 Å². The lowest BCUT2D eigenvalue weighted by molar-refractivity contribution is 0.329. The van der Waals surface area contributed by atoms with E-state index in [4.69, 9.17) is 9.41 Å². The molecule has 0 aliphatic heterocycles. The van der Waals surface area contributed by atoms with Gasteiger partial charge in [-0.25, -0.2) is 4.99 Å². The van der Waals surface area contributed by atoms with Gasteiger partial charge >= 0.3 is 0 Å². The van der Waals surface area contributed by atoms with Crippen LogP contribution in [0, 0.1) is 5.92 Å². The Balaban J connectivity index is 1.55. The monoisotopic (exact) mass is 358 g/mol. The summed E-state index contributed by atoms with van der Waals surface area (Å²) >= 11 is 0. The average Bonchev–Trinajstić information content (AvgIpc) is 3.32. The van der Waals surface area contributed by atoms with Crippen molar-refractivity contribution in [1.29, 1.82) is 0 Å². The van der Waals surface area contributed by atoms with Crippen molar-refractivity contribution in [3.8, 4) is 0 Å². The topological polar surface area (TPSA) is 80.3 Å². The molecule has 0 atom stereocenters. The van der Waals surface area contributed by atoms with Crippen molar-refractivity contribution in [2.45, 2.75) is 65.1 Å². The van der Waals surface area contributed by atoms with Crippen LogP contribution in [0.25, 0.3) is 0 Å². The van der Waals surface area contributed by atoms with Crippen molar-refractivity contribution in [2.24, 2.45) is 10.9 Å². The normalized spacial score (nSPS) is 20.9. The van der Waals surface area contributed by atoms with Gasteiger partial charge in [-0.2, -0.15) is 0 Å². The van der Waals surface area contributed by atoms with E-state index in [1.807, 2.05) is 12.1 Å². The molecule has 1 fully saturated rings. The van der Waals surface area contributed by atoms with Crippen LogP contribution in [0.2, 0.25) is 0 Å². The van der Waals surface area contributed by atoms with Crippen LogP contribution < -0.4 is 10.6 Å². The van der Waals surface area contributed by atoms with Crippen LogP contribution in [0.15, 0.2) is 34.1 Å². The minimum absolute atomic E-state index is 0.496. The molecule has 0 unspecified atom stereocenters. The lowest BCUT2D eigenvalue weighted by Crippen LogP contribution is -2.45. The molecular weight excluding hydrogens is 328 g/mol. The van der Waals surface area contributed by atoms with Gasteiger partial charge in [0.2, 0.25) is 0 Å². The van der Waals surface area contributed by atoms with Crippen molar-refractivity contribution >= 4 is 5.96 Å². The van der Waals surface area contributed by atoms with Gasteiger partial charge in [0, 0.05) is 25.6 Å². The zero-order valence-electron chi connectivity index (χ0n) is 15.8. The summed E-state index contributed by atoms with van der Waals surface area (Å²) in [5.74, 6) is 3.57. The van der Waals surface area contributed by atoms with Crippen molar-refractivity contribution in [2.75, 3.05) is 6.54 Å². The first-order chi connectivity index (χ1) is 12.7. The molecule has 2 aromatic heterocycles. The second-order valence-corrected chi connectivity index (χ2v) is 7.07. The third kappa shape index (κ3) is 5.34. The second-order valence-electron chi connectivity index (χ2n) is 7.07. The van der Waals surface area contributed by atoms with E-state index in [0.717, 1.165) is 43.0 Å². The molecular formula is C19H30N6O. The lowest BCUT2D eigenvalue weighted by Gasteiger charge is -2.28. The molecule has 142 valence electrons. The lowest BCUT2D eigenvalue weighted by atomic mass is 9.87. The molecule has 0 spiro atoms. The fourth-order valence-corrected chi connectivity index (χ4v) is 3.34. The molecule has 0 aromatic carbocycles. The summed E-state index contributed by atoms with van der Waals surface area (Å²) in [7, 11) is 0. The number of aliphatic imine (C=N–C) groups is 1. The van der Waals surface area contributed by atoms with Crippen LogP contribution in [0.4, 0.5) is 0 Å². The zero-order chi connectivity index (χ0) is 18.2. The molecule has 1 aliphatic rings. The van der Waals surface area contributed by atoms with E-state index >= 15 is 0 Å². The molecule has 0 amide bonds. The molecule has 0 bridgehead atoms. The molecule has 26 heavy (non-hydrogen) atoms. The van der Waals surface area contributed by atoms with Gasteiger partial charge in [-0.05, 0) is 43.7 Å². The summed E-state index contributed by atoms with van der Waals surface area (Å²) in [4.78, 5) is 4.70. The van der Waals surface area contributed by atoms with Gasteiger partial charge < -0.3 is 19.6 Å². The number of aryl methyl sites for hydroxylation is 1. The summed E-state index contributed by atoms with van der Waals surface area (Å²) in [5.41, 5.74) is 0. The van der Waals surface area contributed by atoms with E-state index < -0.39 is 0 Å². The molecule has 7 nitrogen and oxygen atoms in total. The van der Waals surface area contributed by atoms with Gasteiger partial charge in [0.05, 0.1) is 6.26 Å². The Kier molecular flexibility index (Phi) is 6.68. The van der Waals surface area contributed by atoms with Crippen LogP contribution in [-0.4, -0.2) is 33.3 Å². The summed E-state index contributed by atoms with van der Waals surface area (Å²) in [6.07, 6.45) is 9.33. The SMILES string of the molecule is CCc1nncn1CCNC(=NCc1ccco1)NC1CCC(C)CC1. The quantitative estimate of drug-likeness (QED) is 0.588. The minimum Gasteiger partial charge on any atom is -0.467 e. The molecule has 2 heterocycles. The second kappa shape index (κ2) is 9.40. The molecule has 1 aliphatic carbocycles. The van der Waals surface area contributed by atoms with E-state index in [1.54, 1.807) is 12.6 Å². The third-order valence-corrected chi connectivity index (χ3v) is 4.99. The first-order valence-corrected chi connectivity index (χ1v) is 9.68. The Hall–Kier alpha value is -2.31. The Morgan fingerprint density at radius 3 is 2.92 bits per heavy atom. The minimum atomic E-state index is 0.496. The number of nitrogens with zero attached hydrogens (tertiary/aromatic N) is 4. The highest BCUT2D eigenvalue weighted by Crippen LogP contribution is 2.23. The summed E-state index contributed by atoms with van der Waals surface area (Å²) in [5, 5.41) is 15.2. The highest BCUT2D eigenvalue weighted by atomic mass is 16.3. The van der Waals surface area contributed by atoms with Crippen molar-refractivity contribution < 1.29 is 4.42 Å². The summed E-state index contributed by atoms with van der Waals surface area (Å²) in [6, 6.07) is 4.34. The number of hydrogen-bond acceptors (Lipinski definition) is 4. The number of hydrogen-bond donors (Lipinski definition) is 2. The highest BCUT2D eigenvalue weighted by Gasteiger charge is 2.19. The van der Waals surface area contributed by atoms with Crippen LogP contribution in [0.1, 0.15) is 51.1 Å². The van der Waals surface area contributed by atoms with Crippen LogP contribution in [0.3, 0.4) is 0 Å². The van der Waals surface area contributed by atoms with Crippen LogP contribution >= 0.6 is 0 Å². The molecule has 0 saturated heterocycles. The van der Waals surface area contributed by atoms with Gasteiger partial charge in [-0.15, -0.1) is 10.2 Å². The van der Waals surface area contributed by atoms with E-state index in [9.17, 15) is 0 Å². The maximum absolute atomic E-state index is 5.40. The Labute approximate surface area is 155 Å². The fourth-order valence-electron chi connectivity index (χ4n) is 3.34. The van der Waals surface area contributed by atoms with Crippen LogP contribution in [0.5, 0.6) is 0 Å². The van der Waals surface area contributed by atoms with Gasteiger partial charge in [-0.1, -0.05) is 13.8 Å². The first kappa shape index (κ1) is 18.5. The Morgan fingerprint density at radius 1 is 1.35 bits per heavy atom. The van der Waals surface area contributed by atoms with Crippen molar-refractivity contribution in [1.82, 2.24) is 25.4 Å². The smallest absolute Gasteiger partial charge is 0.191 e. The Bertz CT molecular complexity index is 670. The average molecular weight is 358 g/mol. The molecule has 2 N–H and O–H groups in total. The van der Waals surface area contributed by atoms with Crippen molar-refractivity contribution in [3.63, 3.8) is 0 Å². The van der Waals surface area contributed by atoms with Gasteiger partial charge in [-0.3, -0.25) is 0 Å². The van der Waals surface area contributed by atoms with Crippen LogP contribution in [-0.2, 0) is 19.5 Å². The molecule has 3 rings (SSSR count). The predicted molar refractivity (Wildman–Crippen MR) is 102 cm³/mol. The van der Waals surface area contributed by atoms with Gasteiger partial charge in [0.15, 0.2) is 5.96 Å². The fraction of sp³-hybridized carbons (Fsp3) is 0.632. The summed E-state index contributed by atoms with van der Waals surface area (Å²) in [6.45, 7) is 6.57. The molecule has 2 aromatic rings. The predicted octanol–water partition coefficient (Wildman–Crippen LogP) is 2.75. The maximum atomic E-state index is 5.40. The maximum Gasteiger partial charge on any atom is 0.191 e. The zero-order valence-corrected chi connectivity index (χ0v) is 15.8. The number of nitrogens with one attached hydrogen (secondary N) is 2. The van der Waals surface area contributed by atoms with Gasteiger partial charge in [0.25, 0.3) is 0 Å². The number of rotatable bonds is 7. The highest BCUT2D eigenvalue weighted by molar-refractivity contribution is 5.80. The Morgan fingerprint density at radius 2 is 2.19 bits per heavy atom. The van der Waals surface area contributed by atoms with Crippen molar-refractivity contribution in [3.05, 3.63) is 36.3 Å². The molecule has 0 radical (unpaired) electrons. The first-order valence-electron chi connectivity index (χ1n) is 9.68. The number of guanidine groups is 1. The summed E-state index contributed by atoms with van der Waals surface area (Å²) < 4.78 is 7.48. The van der Waals surface area contributed by atoms with E-state index in [0.29, 0.717) is 12.6 Å². The molecule has 1 saturated carbocycles. The van der Waals surface area contributed by atoms with Gasteiger partial charge in [0.1, 0.15) is 24.5 Å².